The second-order valence-electron chi connectivity index (χ2n) is 24.3. The van der Waals surface area contributed by atoms with Crippen molar-refractivity contribution >= 4 is 33.6 Å². The highest BCUT2D eigenvalue weighted by Crippen LogP contribution is 2.45. The zero-order valence-corrected chi connectivity index (χ0v) is 62.0. The maximum atomic E-state index is 12.9. The fourth-order valence-corrected chi connectivity index (χ4v) is 11.0. The van der Waals surface area contributed by atoms with Crippen LogP contribution in [0.1, 0.15) is 278 Å². The van der Waals surface area contributed by atoms with Crippen LogP contribution >= 0.6 is 15.6 Å². The maximum absolute atomic E-state index is 12.9. The summed E-state index contributed by atoms with van der Waals surface area (Å²) in [5.41, 5.74) is 0. The minimum absolute atomic E-state index is 0.0727. The lowest BCUT2D eigenvalue weighted by Crippen LogP contribution is -2.30. The Balaban J connectivity index is 4.55. The van der Waals surface area contributed by atoms with E-state index < -0.39 is 91.5 Å². The topological polar surface area (TPSA) is 231 Å². The first-order valence-corrected chi connectivity index (χ1v) is 40.1. The molecule has 554 valence electrons. The minimum atomic E-state index is -4.95. The van der Waals surface area contributed by atoms with Crippen LogP contribution in [0, 0.1) is 0 Å². The first-order valence-electron chi connectivity index (χ1n) is 37.1. The maximum Gasteiger partial charge on any atom is 0.472 e. The van der Waals surface area contributed by atoms with Crippen LogP contribution in [0.4, 0.5) is 0 Å². The summed E-state index contributed by atoms with van der Waals surface area (Å²) in [6.45, 7) is 2.33. The van der Waals surface area contributed by atoms with Gasteiger partial charge in [-0.3, -0.25) is 32.5 Å². The van der Waals surface area contributed by atoms with Crippen LogP contribution in [-0.4, -0.2) is 95.9 Å². The molecule has 0 saturated heterocycles. The third-order valence-corrected chi connectivity index (χ3v) is 16.9. The van der Waals surface area contributed by atoms with Crippen molar-refractivity contribution in [3.05, 3.63) is 146 Å². The molecule has 0 radical (unpaired) electrons. The van der Waals surface area contributed by atoms with Gasteiger partial charge in [-0.1, -0.05) is 269 Å². The largest absolute Gasteiger partial charge is 0.472 e. The summed E-state index contributed by atoms with van der Waals surface area (Å²) in [6.07, 6.45) is 86.3. The number of unbranched alkanes of at least 4 members (excludes halogenated alkanes) is 22. The summed E-state index contributed by atoms with van der Waals surface area (Å²) in [7, 11) is -9.81. The van der Waals surface area contributed by atoms with E-state index in [1.54, 1.807) is 0 Å². The van der Waals surface area contributed by atoms with Crippen LogP contribution in [0.2, 0.25) is 0 Å². The standard InChI is InChI=1S/C79H132O16P2/c1-4-7-10-13-16-19-22-25-28-30-31-32-33-34-35-36-37-38-39-40-41-43-46-47-50-53-56-59-62-65-77(82)89-68-74(80)69-91-96(85,86)92-70-75(81)71-93-97(87,88)94-73-76(95-79(84)67-64-61-58-55-52-49-44-27-24-21-18-15-12-9-6-3)72-90-78(83)66-63-60-57-54-51-48-45-42-29-26-23-20-17-14-11-8-5-2/h7-8,10-11,16-21,25-29,31-32,34-35,44-45,48,54,57,74-76,80-81H,4-6,9,12-15,22-24,30,33,36-43,46-47,49-53,55-56,58-73H2,1-3H3,(H,85,86)(H,87,88)/b10-7-,11-8-,19-16-,20-17-,21-18-,28-25-,29-26-,32-31-,35-34-,44-27-,48-45-,57-54-. The number of aliphatic hydroxyl groups excluding tert-OH is 2. The SMILES string of the molecule is CC/C=C\C/C=C\C/C=C\C/C=C\C/C=C\CCCCCCCCCCCCCCCC(=O)OCC(O)COP(=O)(O)OCC(O)COP(=O)(O)OCC(COC(=O)CCC/C=C\C/C=C\C/C=C\C/C=C\C/C=C\CC)OC(=O)CCCCCCC/C=C\C/C=C\CCCCC. The fourth-order valence-electron chi connectivity index (χ4n) is 9.43. The molecule has 0 spiro atoms. The Bertz CT molecular complexity index is 2350. The second kappa shape index (κ2) is 71.3. The summed E-state index contributed by atoms with van der Waals surface area (Å²) < 4.78 is 60.9. The third-order valence-electron chi connectivity index (χ3n) is 15.0. The Labute approximate surface area is 587 Å². The molecule has 0 heterocycles. The Morgan fingerprint density at radius 1 is 0.299 bits per heavy atom. The van der Waals surface area contributed by atoms with Gasteiger partial charge < -0.3 is 34.2 Å². The van der Waals surface area contributed by atoms with Crippen molar-refractivity contribution in [3.8, 4) is 0 Å². The van der Waals surface area contributed by atoms with E-state index in [4.69, 9.17) is 32.3 Å². The van der Waals surface area contributed by atoms with Crippen LogP contribution in [0.3, 0.4) is 0 Å². The van der Waals surface area contributed by atoms with E-state index in [9.17, 15) is 43.5 Å². The molecule has 16 nitrogen and oxygen atoms in total. The quantitative estimate of drug-likeness (QED) is 0.0146. The number of hydrogen-bond donors (Lipinski definition) is 4. The lowest BCUT2D eigenvalue weighted by Gasteiger charge is -2.21. The number of carbonyl (C=O) groups is 3. The minimum Gasteiger partial charge on any atom is -0.463 e. The van der Waals surface area contributed by atoms with E-state index in [0.717, 1.165) is 135 Å². The Hall–Kier alpha value is -4.57. The third kappa shape index (κ3) is 72.5. The number of aliphatic hydroxyl groups is 2. The average Bonchev–Trinajstić information content (AvgIpc) is 1.48. The summed E-state index contributed by atoms with van der Waals surface area (Å²) in [4.78, 5) is 58.5. The molecule has 0 aromatic carbocycles. The molecule has 0 aromatic rings. The summed E-state index contributed by atoms with van der Waals surface area (Å²) in [5.74, 6) is -1.67. The van der Waals surface area contributed by atoms with Crippen molar-refractivity contribution in [2.45, 2.75) is 296 Å². The Morgan fingerprint density at radius 3 is 0.907 bits per heavy atom. The van der Waals surface area contributed by atoms with Gasteiger partial charge in [-0.05, 0) is 135 Å². The second-order valence-corrected chi connectivity index (χ2v) is 27.2. The van der Waals surface area contributed by atoms with E-state index in [1.807, 2.05) is 12.2 Å². The van der Waals surface area contributed by atoms with E-state index in [2.05, 4.69) is 154 Å². The molecule has 0 aliphatic rings. The molecule has 97 heavy (non-hydrogen) atoms. The first kappa shape index (κ1) is 92.4. The van der Waals surface area contributed by atoms with Crippen LogP contribution in [0.5, 0.6) is 0 Å². The molecular formula is C79H132O16P2. The van der Waals surface area contributed by atoms with Gasteiger partial charge in [-0.15, -0.1) is 0 Å². The lowest BCUT2D eigenvalue weighted by atomic mass is 10.0. The molecule has 4 N–H and O–H groups in total. The first-order chi connectivity index (χ1) is 47.2. The number of rotatable bonds is 69. The van der Waals surface area contributed by atoms with Crippen LogP contribution in [0.15, 0.2) is 146 Å². The van der Waals surface area contributed by atoms with E-state index in [-0.39, 0.29) is 19.3 Å². The predicted molar refractivity (Wildman–Crippen MR) is 399 cm³/mol. The van der Waals surface area contributed by atoms with Gasteiger partial charge in [0.1, 0.15) is 25.4 Å². The molecule has 0 bridgehead atoms. The highest BCUT2D eigenvalue weighted by molar-refractivity contribution is 7.47. The number of allylic oxidation sites excluding steroid dienone is 24. The summed E-state index contributed by atoms with van der Waals surface area (Å²) in [5, 5.41) is 20.6. The number of carbonyl (C=O) groups excluding carboxylic acids is 3. The summed E-state index contributed by atoms with van der Waals surface area (Å²) >= 11 is 0. The van der Waals surface area contributed by atoms with Crippen LogP contribution in [0.25, 0.3) is 0 Å². The molecule has 0 saturated carbocycles. The number of ether oxygens (including phenoxy) is 3. The number of phosphoric acid groups is 2. The molecule has 5 atom stereocenters. The van der Waals surface area contributed by atoms with Crippen molar-refractivity contribution < 1.29 is 75.8 Å². The molecule has 0 aromatic heterocycles. The van der Waals surface area contributed by atoms with Gasteiger partial charge in [0, 0.05) is 19.3 Å². The molecule has 0 rings (SSSR count). The Kier molecular flexibility index (Phi) is 67.9. The lowest BCUT2D eigenvalue weighted by molar-refractivity contribution is -0.161. The molecule has 0 aliphatic carbocycles. The molecule has 0 amide bonds. The molecule has 0 aliphatic heterocycles. The number of hydrogen-bond acceptors (Lipinski definition) is 14. The number of phosphoric ester groups is 2. The van der Waals surface area contributed by atoms with Gasteiger partial charge in [0.05, 0.1) is 26.4 Å². The molecular weight excluding hydrogens is 1270 g/mol. The van der Waals surface area contributed by atoms with Gasteiger partial charge in [-0.25, -0.2) is 9.13 Å². The van der Waals surface area contributed by atoms with E-state index >= 15 is 0 Å². The molecule has 0 fully saturated rings. The van der Waals surface area contributed by atoms with Crippen LogP contribution < -0.4 is 0 Å². The van der Waals surface area contributed by atoms with Gasteiger partial charge in [-0.2, -0.15) is 0 Å². The van der Waals surface area contributed by atoms with Crippen molar-refractivity contribution in [1.29, 1.82) is 0 Å². The van der Waals surface area contributed by atoms with Crippen molar-refractivity contribution in [2.24, 2.45) is 0 Å². The fraction of sp³-hybridized carbons (Fsp3) is 0.658. The van der Waals surface area contributed by atoms with Gasteiger partial charge in [0.25, 0.3) is 0 Å². The van der Waals surface area contributed by atoms with Gasteiger partial charge in [0.2, 0.25) is 0 Å². The highest BCUT2D eigenvalue weighted by Gasteiger charge is 2.29. The van der Waals surface area contributed by atoms with Crippen molar-refractivity contribution in [2.75, 3.05) is 39.6 Å². The van der Waals surface area contributed by atoms with Gasteiger partial charge in [0.15, 0.2) is 6.10 Å². The molecule has 5 unspecified atom stereocenters. The van der Waals surface area contributed by atoms with Crippen LogP contribution in [-0.2, 0) is 55.8 Å². The zero-order valence-electron chi connectivity index (χ0n) is 60.2. The number of esters is 3. The van der Waals surface area contributed by atoms with Crippen molar-refractivity contribution in [1.82, 2.24) is 0 Å². The predicted octanol–water partition coefficient (Wildman–Crippen LogP) is 21.3. The monoisotopic (exact) mass is 1400 g/mol. The van der Waals surface area contributed by atoms with E-state index in [1.165, 1.54) is 77.0 Å². The Morgan fingerprint density at radius 2 is 0.557 bits per heavy atom. The van der Waals surface area contributed by atoms with E-state index in [0.29, 0.717) is 25.7 Å². The normalized spacial score (nSPS) is 14.9. The van der Waals surface area contributed by atoms with Gasteiger partial charge >= 0.3 is 33.6 Å². The molecule has 18 heteroatoms. The zero-order chi connectivity index (χ0) is 70.9. The summed E-state index contributed by atoms with van der Waals surface area (Å²) in [6, 6.07) is 0. The smallest absolute Gasteiger partial charge is 0.463 e. The highest BCUT2D eigenvalue weighted by atomic mass is 31.2. The average molecular weight is 1400 g/mol. The van der Waals surface area contributed by atoms with Crippen molar-refractivity contribution in [3.63, 3.8) is 0 Å².